The molecule has 0 aliphatic carbocycles. The van der Waals surface area contributed by atoms with Gasteiger partial charge < -0.3 is 14.2 Å². The van der Waals surface area contributed by atoms with Crippen molar-refractivity contribution in [2.24, 2.45) is 5.92 Å². The minimum absolute atomic E-state index is 0.290. The zero-order chi connectivity index (χ0) is 18.1. The van der Waals surface area contributed by atoms with Crippen molar-refractivity contribution < 1.29 is 9.21 Å². The first kappa shape index (κ1) is 17.1. The topological polar surface area (TPSA) is 62.5 Å². The molecule has 0 saturated carbocycles. The molecule has 0 bridgehead atoms. The average Bonchev–Trinajstić information content (AvgIpc) is 3.06. The molecule has 2 aliphatic heterocycles. The van der Waals surface area contributed by atoms with Crippen LogP contribution in [0.15, 0.2) is 28.7 Å². The molecule has 26 heavy (non-hydrogen) atoms. The van der Waals surface area contributed by atoms with Gasteiger partial charge in [0.25, 0.3) is 0 Å². The van der Waals surface area contributed by atoms with Crippen molar-refractivity contribution in [2.45, 2.75) is 45.6 Å². The van der Waals surface area contributed by atoms with Gasteiger partial charge >= 0.3 is 0 Å². The molecule has 2 aliphatic rings. The molecular formula is C20H26N4O2. The molecule has 2 aromatic rings. The second-order valence-electron chi connectivity index (χ2n) is 7.48. The maximum absolute atomic E-state index is 12.5. The molecule has 2 atom stereocenters. The highest BCUT2D eigenvalue weighted by molar-refractivity contribution is 5.77. The lowest BCUT2D eigenvalue weighted by Crippen LogP contribution is -2.56. The molecular weight excluding hydrogens is 328 g/mol. The third-order valence-electron chi connectivity index (χ3n) is 5.65. The average molecular weight is 354 g/mol. The van der Waals surface area contributed by atoms with Gasteiger partial charge in [-0.3, -0.25) is 4.79 Å². The van der Waals surface area contributed by atoms with E-state index in [4.69, 9.17) is 4.42 Å². The number of aromatic nitrogens is 2. The number of rotatable bonds is 4. The second kappa shape index (κ2) is 7.09. The van der Waals surface area contributed by atoms with E-state index < -0.39 is 0 Å². The summed E-state index contributed by atoms with van der Waals surface area (Å²) in [4.78, 5) is 16.9. The molecule has 6 heteroatoms. The number of carbonyl (C=O) groups excluding carboxylic acids is 1. The van der Waals surface area contributed by atoms with Gasteiger partial charge in [0.05, 0.1) is 5.69 Å². The zero-order valence-electron chi connectivity index (χ0n) is 15.5. The number of aryl methyl sites for hydroxylation is 2. The molecule has 2 aromatic heterocycles. The SMILES string of the molecule is Cc1ccc(N2CC[C@@H]3[C@@H](CCC(=O)N3CCc3ccc(C)o3)C2)nn1. The molecule has 4 rings (SSSR count). The van der Waals surface area contributed by atoms with Crippen molar-refractivity contribution in [1.29, 1.82) is 0 Å². The number of anilines is 1. The zero-order valence-corrected chi connectivity index (χ0v) is 15.5. The van der Waals surface area contributed by atoms with Crippen LogP contribution in [0.3, 0.4) is 0 Å². The van der Waals surface area contributed by atoms with Crippen molar-refractivity contribution >= 4 is 11.7 Å². The van der Waals surface area contributed by atoms with E-state index in [9.17, 15) is 4.79 Å². The van der Waals surface area contributed by atoms with E-state index >= 15 is 0 Å². The minimum atomic E-state index is 0.290. The normalized spacial score (nSPS) is 23.2. The number of hydrogen-bond donors (Lipinski definition) is 0. The fourth-order valence-electron chi connectivity index (χ4n) is 4.26. The smallest absolute Gasteiger partial charge is 0.222 e. The highest BCUT2D eigenvalue weighted by atomic mass is 16.3. The Morgan fingerprint density at radius 3 is 2.77 bits per heavy atom. The molecule has 0 aromatic carbocycles. The number of furan rings is 1. The van der Waals surface area contributed by atoms with Crippen LogP contribution < -0.4 is 4.90 Å². The minimum Gasteiger partial charge on any atom is -0.466 e. The van der Waals surface area contributed by atoms with Crippen LogP contribution in [0.2, 0.25) is 0 Å². The summed E-state index contributed by atoms with van der Waals surface area (Å²) in [5, 5.41) is 8.52. The maximum atomic E-state index is 12.5. The maximum Gasteiger partial charge on any atom is 0.222 e. The van der Waals surface area contributed by atoms with Crippen LogP contribution in [0, 0.1) is 19.8 Å². The van der Waals surface area contributed by atoms with Gasteiger partial charge in [-0.2, -0.15) is 5.10 Å². The van der Waals surface area contributed by atoms with Crippen LogP contribution in [0.5, 0.6) is 0 Å². The van der Waals surface area contributed by atoms with E-state index in [1.165, 1.54) is 0 Å². The van der Waals surface area contributed by atoms with Crippen molar-refractivity contribution in [2.75, 3.05) is 24.5 Å². The Hall–Kier alpha value is -2.37. The van der Waals surface area contributed by atoms with Gasteiger partial charge in [-0.15, -0.1) is 5.10 Å². The lowest BCUT2D eigenvalue weighted by atomic mass is 9.83. The first-order valence-electron chi connectivity index (χ1n) is 9.50. The van der Waals surface area contributed by atoms with Crippen LogP contribution in [0.25, 0.3) is 0 Å². The van der Waals surface area contributed by atoms with Gasteiger partial charge in [0.1, 0.15) is 11.5 Å². The number of likely N-dealkylation sites (tertiary alicyclic amines) is 1. The molecule has 1 amide bonds. The first-order valence-corrected chi connectivity index (χ1v) is 9.50. The molecule has 0 radical (unpaired) electrons. The van der Waals surface area contributed by atoms with Gasteiger partial charge in [-0.05, 0) is 56.9 Å². The number of carbonyl (C=O) groups is 1. The summed E-state index contributed by atoms with van der Waals surface area (Å²) in [6, 6.07) is 8.39. The highest BCUT2D eigenvalue weighted by Gasteiger charge is 2.39. The van der Waals surface area contributed by atoms with E-state index in [1.807, 2.05) is 38.1 Å². The van der Waals surface area contributed by atoms with Crippen LogP contribution in [0.1, 0.15) is 36.5 Å². The molecule has 2 fully saturated rings. The molecule has 4 heterocycles. The Morgan fingerprint density at radius 1 is 1.15 bits per heavy atom. The van der Waals surface area contributed by atoms with Crippen molar-refractivity contribution in [3.05, 3.63) is 41.5 Å². The highest BCUT2D eigenvalue weighted by Crippen LogP contribution is 2.33. The van der Waals surface area contributed by atoms with Crippen LogP contribution >= 0.6 is 0 Å². The largest absolute Gasteiger partial charge is 0.466 e. The van der Waals surface area contributed by atoms with E-state index in [-0.39, 0.29) is 5.91 Å². The summed E-state index contributed by atoms with van der Waals surface area (Å²) < 4.78 is 5.67. The number of piperidine rings is 2. The van der Waals surface area contributed by atoms with Crippen LogP contribution in [-0.4, -0.2) is 46.7 Å². The Kier molecular flexibility index (Phi) is 4.66. The fraction of sp³-hybridized carbons (Fsp3) is 0.550. The third kappa shape index (κ3) is 3.45. The van der Waals surface area contributed by atoms with E-state index in [1.54, 1.807) is 0 Å². The second-order valence-corrected chi connectivity index (χ2v) is 7.48. The summed E-state index contributed by atoms with van der Waals surface area (Å²) in [6.07, 6.45) is 3.39. The Balaban J connectivity index is 1.42. The molecule has 0 unspecified atom stereocenters. The predicted molar refractivity (Wildman–Crippen MR) is 99.0 cm³/mol. The van der Waals surface area contributed by atoms with E-state index in [0.717, 1.165) is 61.9 Å². The van der Waals surface area contributed by atoms with E-state index in [0.29, 0.717) is 18.4 Å². The summed E-state index contributed by atoms with van der Waals surface area (Å²) in [7, 11) is 0. The third-order valence-corrected chi connectivity index (χ3v) is 5.65. The lowest BCUT2D eigenvalue weighted by Gasteiger charge is -2.47. The fourth-order valence-corrected chi connectivity index (χ4v) is 4.26. The monoisotopic (exact) mass is 354 g/mol. The predicted octanol–water partition coefficient (Wildman–Crippen LogP) is 2.75. The number of amides is 1. The Labute approximate surface area is 154 Å². The summed E-state index contributed by atoms with van der Waals surface area (Å²) in [5.41, 5.74) is 0.936. The summed E-state index contributed by atoms with van der Waals surface area (Å²) in [5.74, 6) is 3.63. The Bertz CT molecular complexity index is 770. The quantitative estimate of drug-likeness (QED) is 0.845. The summed E-state index contributed by atoms with van der Waals surface area (Å²) >= 11 is 0. The first-order chi connectivity index (χ1) is 12.6. The van der Waals surface area contributed by atoms with Crippen molar-refractivity contribution in [1.82, 2.24) is 15.1 Å². The van der Waals surface area contributed by atoms with Gasteiger partial charge in [-0.25, -0.2) is 0 Å². The number of nitrogens with zero attached hydrogens (tertiary/aromatic N) is 4. The van der Waals surface area contributed by atoms with Gasteiger partial charge in [0.2, 0.25) is 5.91 Å². The van der Waals surface area contributed by atoms with Crippen LogP contribution in [-0.2, 0) is 11.2 Å². The molecule has 0 spiro atoms. The van der Waals surface area contributed by atoms with Gasteiger partial charge in [0.15, 0.2) is 5.82 Å². The standard InChI is InChI=1S/C20H26N4O2/c1-14-3-7-19(22-21-14)23-11-10-18-16(13-23)5-8-20(25)24(18)12-9-17-6-4-15(2)26-17/h3-4,6-7,16,18H,5,8-13H2,1-2H3/t16-,18+/m0/s1. The van der Waals surface area contributed by atoms with Crippen LogP contribution in [0.4, 0.5) is 5.82 Å². The van der Waals surface area contributed by atoms with Gasteiger partial charge in [-0.1, -0.05) is 0 Å². The lowest BCUT2D eigenvalue weighted by molar-refractivity contribution is -0.139. The number of hydrogen-bond acceptors (Lipinski definition) is 5. The number of fused-ring (bicyclic) bond motifs is 1. The van der Waals surface area contributed by atoms with Crippen molar-refractivity contribution in [3.63, 3.8) is 0 Å². The Morgan fingerprint density at radius 2 is 2.04 bits per heavy atom. The van der Waals surface area contributed by atoms with Gasteiger partial charge in [0, 0.05) is 38.5 Å². The van der Waals surface area contributed by atoms with E-state index in [2.05, 4.69) is 20.0 Å². The molecule has 6 nitrogen and oxygen atoms in total. The molecule has 0 N–H and O–H groups in total. The van der Waals surface area contributed by atoms with Crippen molar-refractivity contribution in [3.8, 4) is 0 Å². The molecule has 138 valence electrons. The molecule has 2 saturated heterocycles. The summed E-state index contributed by atoms with van der Waals surface area (Å²) in [6.45, 7) is 6.52.